The third-order valence-corrected chi connectivity index (χ3v) is 4.12. The fourth-order valence-electron chi connectivity index (χ4n) is 2.55. The predicted molar refractivity (Wildman–Crippen MR) is 93.7 cm³/mol. The molecule has 2 rings (SSSR count). The number of ketones is 1. The lowest BCUT2D eigenvalue weighted by Crippen LogP contribution is -2.05. The van der Waals surface area contributed by atoms with Crippen molar-refractivity contribution in [3.05, 3.63) is 70.8 Å². The molecular weight excluding hydrogens is 268 g/mol. The third-order valence-electron chi connectivity index (χ3n) is 4.12. The van der Waals surface area contributed by atoms with Crippen molar-refractivity contribution in [3.63, 3.8) is 0 Å². The second kappa shape index (κ2) is 7.40. The first-order chi connectivity index (χ1) is 10.5. The van der Waals surface area contributed by atoms with E-state index >= 15 is 0 Å². The van der Waals surface area contributed by atoms with Crippen LogP contribution in [0.1, 0.15) is 73.0 Å². The van der Waals surface area contributed by atoms with Gasteiger partial charge in [0.2, 0.25) is 0 Å². The van der Waals surface area contributed by atoms with Crippen LogP contribution in [0.5, 0.6) is 0 Å². The van der Waals surface area contributed by atoms with Crippen LogP contribution in [0.3, 0.4) is 0 Å². The highest BCUT2D eigenvalue weighted by Gasteiger charge is 2.12. The number of carbonyl (C=O) groups excluding carboxylic acids is 1. The Morgan fingerprint density at radius 3 is 1.91 bits per heavy atom. The van der Waals surface area contributed by atoms with Crippen molar-refractivity contribution >= 4 is 5.78 Å². The number of hydrogen-bond donors (Lipinski definition) is 0. The summed E-state index contributed by atoms with van der Waals surface area (Å²) < 4.78 is 0. The summed E-state index contributed by atoms with van der Waals surface area (Å²) in [6, 6.07) is 16.6. The SMILES string of the molecule is CC(C)c1cc(C(=O)CCc2ccccc2)cc(C(C)C)c1. The Labute approximate surface area is 134 Å². The Balaban J connectivity index is 2.17. The second-order valence-corrected chi connectivity index (χ2v) is 6.61. The third kappa shape index (κ3) is 4.30. The van der Waals surface area contributed by atoms with Gasteiger partial charge in [0.05, 0.1) is 0 Å². The fourth-order valence-corrected chi connectivity index (χ4v) is 2.55. The second-order valence-electron chi connectivity index (χ2n) is 6.61. The summed E-state index contributed by atoms with van der Waals surface area (Å²) in [4.78, 5) is 12.6. The molecule has 0 aliphatic rings. The maximum absolute atomic E-state index is 12.6. The molecule has 1 nitrogen and oxygen atoms in total. The molecular formula is C21H26O. The van der Waals surface area contributed by atoms with Gasteiger partial charge in [-0.2, -0.15) is 0 Å². The first-order valence-corrected chi connectivity index (χ1v) is 8.19. The van der Waals surface area contributed by atoms with Crippen LogP contribution in [0.4, 0.5) is 0 Å². The molecule has 0 atom stereocenters. The fraction of sp³-hybridized carbons (Fsp3) is 0.381. The van der Waals surface area contributed by atoms with Crippen LogP contribution < -0.4 is 0 Å². The molecule has 2 aromatic rings. The topological polar surface area (TPSA) is 17.1 Å². The zero-order chi connectivity index (χ0) is 16.1. The van der Waals surface area contributed by atoms with E-state index in [-0.39, 0.29) is 5.78 Å². The van der Waals surface area contributed by atoms with Gasteiger partial charge in [0.15, 0.2) is 5.78 Å². The summed E-state index contributed by atoms with van der Waals surface area (Å²) in [5, 5.41) is 0. The number of carbonyl (C=O) groups is 1. The molecule has 0 bridgehead atoms. The Hall–Kier alpha value is -1.89. The number of rotatable bonds is 6. The maximum Gasteiger partial charge on any atom is 0.163 e. The Kier molecular flexibility index (Phi) is 5.54. The molecule has 116 valence electrons. The van der Waals surface area contributed by atoms with Gasteiger partial charge in [-0.25, -0.2) is 0 Å². The highest BCUT2D eigenvalue weighted by Crippen LogP contribution is 2.24. The van der Waals surface area contributed by atoms with Crippen LogP contribution in [0.25, 0.3) is 0 Å². The van der Waals surface area contributed by atoms with E-state index in [0.29, 0.717) is 18.3 Å². The van der Waals surface area contributed by atoms with Crippen molar-refractivity contribution in [2.24, 2.45) is 0 Å². The van der Waals surface area contributed by atoms with Crippen LogP contribution in [0.2, 0.25) is 0 Å². The summed E-state index contributed by atoms with van der Waals surface area (Å²) in [5.41, 5.74) is 4.61. The van der Waals surface area contributed by atoms with Gasteiger partial charge in [0.25, 0.3) is 0 Å². The van der Waals surface area contributed by atoms with E-state index in [2.05, 4.69) is 58.0 Å². The van der Waals surface area contributed by atoms with E-state index in [4.69, 9.17) is 0 Å². The summed E-state index contributed by atoms with van der Waals surface area (Å²) in [6.45, 7) is 8.71. The largest absolute Gasteiger partial charge is 0.294 e. The van der Waals surface area contributed by atoms with Crippen molar-refractivity contribution < 1.29 is 4.79 Å². The van der Waals surface area contributed by atoms with Crippen molar-refractivity contribution in [2.45, 2.75) is 52.4 Å². The van der Waals surface area contributed by atoms with Crippen molar-refractivity contribution in [1.82, 2.24) is 0 Å². The zero-order valence-corrected chi connectivity index (χ0v) is 14.1. The van der Waals surface area contributed by atoms with E-state index in [1.165, 1.54) is 16.7 Å². The van der Waals surface area contributed by atoms with Crippen molar-refractivity contribution in [1.29, 1.82) is 0 Å². The van der Waals surface area contributed by atoms with Gasteiger partial charge in [-0.05, 0) is 47.1 Å². The van der Waals surface area contributed by atoms with Gasteiger partial charge in [-0.3, -0.25) is 4.79 Å². The molecule has 0 heterocycles. The minimum Gasteiger partial charge on any atom is -0.294 e. The lowest BCUT2D eigenvalue weighted by Gasteiger charge is -2.14. The van der Waals surface area contributed by atoms with E-state index in [1.54, 1.807) is 0 Å². The molecule has 1 heteroatoms. The van der Waals surface area contributed by atoms with Crippen molar-refractivity contribution in [2.75, 3.05) is 0 Å². The maximum atomic E-state index is 12.6. The van der Waals surface area contributed by atoms with E-state index in [9.17, 15) is 4.79 Å². The number of Topliss-reactive ketones (excluding diaryl/α,β-unsaturated/α-hetero) is 1. The first-order valence-electron chi connectivity index (χ1n) is 8.19. The molecule has 0 aromatic heterocycles. The van der Waals surface area contributed by atoms with E-state index in [0.717, 1.165) is 12.0 Å². The lowest BCUT2D eigenvalue weighted by atomic mass is 9.91. The summed E-state index contributed by atoms with van der Waals surface area (Å²) in [6.07, 6.45) is 1.38. The Morgan fingerprint density at radius 2 is 1.41 bits per heavy atom. The standard InChI is InChI=1S/C21H26O/c1-15(2)18-12-19(16(3)4)14-20(13-18)21(22)11-10-17-8-6-5-7-9-17/h5-9,12-16H,10-11H2,1-4H3. The van der Waals surface area contributed by atoms with Gasteiger partial charge in [-0.15, -0.1) is 0 Å². The Morgan fingerprint density at radius 1 is 0.864 bits per heavy atom. The zero-order valence-electron chi connectivity index (χ0n) is 14.1. The molecule has 0 saturated carbocycles. The van der Waals surface area contributed by atoms with Crippen molar-refractivity contribution in [3.8, 4) is 0 Å². The first kappa shape index (κ1) is 16.5. The van der Waals surface area contributed by atoms with Gasteiger partial charge in [0.1, 0.15) is 0 Å². The molecule has 0 aliphatic heterocycles. The molecule has 0 fully saturated rings. The van der Waals surface area contributed by atoms with Gasteiger partial charge in [0, 0.05) is 12.0 Å². The molecule has 0 amide bonds. The van der Waals surface area contributed by atoms with Crippen LogP contribution >= 0.6 is 0 Å². The van der Waals surface area contributed by atoms with Crippen LogP contribution in [0.15, 0.2) is 48.5 Å². The molecule has 0 unspecified atom stereocenters. The number of hydrogen-bond acceptors (Lipinski definition) is 1. The summed E-state index contributed by atoms with van der Waals surface area (Å²) >= 11 is 0. The molecule has 2 aromatic carbocycles. The van der Waals surface area contributed by atoms with Gasteiger partial charge < -0.3 is 0 Å². The molecule has 0 spiro atoms. The average molecular weight is 294 g/mol. The predicted octanol–water partition coefficient (Wildman–Crippen LogP) is 5.75. The average Bonchev–Trinajstić information content (AvgIpc) is 2.53. The van der Waals surface area contributed by atoms with Gasteiger partial charge in [-0.1, -0.05) is 64.1 Å². The van der Waals surface area contributed by atoms with Crippen LogP contribution in [-0.2, 0) is 6.42 Å². The minimum absolute atomic E-state index is 0.244. The highest BCUT2D eigenvalue weighted by molar-refractivity contribution is 5.96. The molecule has 22 heavy (non-hydrogen) atoms. The lowest BCUT2D eigenvalue weighted by molar-refractivity contribution is 0.0982. The highest BCUT2D eigenvalue weighted by atomic mass is 16.1. The summed E-state index contributed by atoms with van der Waals surface area (Å²) in [5.74, 6) is 1.13. The smallest absolute Gasteiger partial charge is 0.163 e. The normalized spacial score (nSPS) is 11.2. The summed E-state index contributed by atoms with van der Waals surface area (Å²) in [7, 11) is 0. The Bertz CT molecular complexity index is 597. The molecule has 0 aliphatic carbocycles. The van der Waals surface area contributed by atoms with Gasteiger partial charge >= 0.3 is 0 Å². The molecule has 0 N–H and O–H groups in total. The quantitative estimate of drug-likeness (QED) is 0.620. The monoisotopic (exact) mass is 294 g/mol. The molecule has 0 saturated heterocycles. The van der Waals surface area contributed by atoms with Crippen LogP contribution in [-0.4, -0.2) is 5.78 Å². The van der Waals surface area contributed by atoms with Crippen LogP contribution in [0, 0.1) is 0 Å². The van der Waals surface area contributed by atoms with E-state index in [1.807, 2.05) is 18.2 Å². The number of aryl methyl sites for hydroxylation is 1. The number of benzene rings is 2. The minimum atomic E-state index is 0.244. The van der Waals surface area contributed by atoms with E-state index < -0.39 is 0 Å². The molecule has 0 radical (unpaired) electrons.